The van der Waals surface area contributed by atoms with Gasteiger partial charge in [0.15, 0.2) is 0 Å². The molecule has 1 atom stereocenters. The fourth-order valence-corrected chi connectivity index (χ4v) is 2.18. The molecular formula is C12H20N4O4. The average molecular weight is 284 g/mol. The summed E-state index contributed by atoms with van der Waals surface area (Å²) in [7, 11) is 4.67. The van der Waals surface area contributed by atoms with Crippen LogP contribution in [0, 0.1) is 16.0 Å². The molecule has 1 aromatic heterocycles. The molecule has 0 aliphatic heterocycles. The number of hydrogen-bond acceptors (Lipinski definition) is 6. The molecule has 0 aromatic carbocycles. The molecule has 0 N–H and O–H groups in total. The fraction of sp³-hybridized carbons (Fsp3) is 0.667. The quantitative estimate of drug-likeness (QED) is 0.442. The van der Waals surface area contributed by atoms with Gasteiger partial charge in [-0.1, -0.05) is 13.8 Å². The summed E-state index contributed by atoms with van der Waals surface area (Å²) in [6.07, 6.45) is 0.477. The lowest BCUT2D eigenvalue weighted by Crippen LogP contribution is -2.30. The Morgan fingerprint density at radius 3 is 2.65 bits per heavy atom. The van der Waals surface area contributed by atoms with Crippen molar-refractivity contribution in [3.8, 4) is 0 Å². The highest BCUT2D eigenvalue weighted by Gasteiger charge is 2.29. The monoisotopic (exact) mass is 284 g/mol. The summed E-state index contributed by atoms with van der Waals surface area (Å²) in [4.78, 5) is 23.9. The summed E-state index contributed by atoms with van der Waals surface area (Å²) in [6, 6.07) is 0. The van der Waals surface area contributed by atoms with Crippen LogP contribution in [0.4, 0.5) is 11.5 Å². The Bertz CT molecular complexity index is 512. The van der Waals surface area contributed by atoms with E-state index in [1.807, 2.05) is 6.92 Å². The van der Waals surface area contributed by atoms with Crippen molar-refractivity contribution >= 4 is 17.5 Å². The van der Waals surface area contributed by atoms with Gasteiger partial charge in [-0.3, -0.25) is 14.9 Å². The van der Waals surface area contributed by atoms with Crippen molar-refractivity contribution in [1.29, 1.82) is 0 Å². The Morgan fingerprint density at radius 1 is 1.60 bits per heavy atom. The number of carbonyl (C=O) groups is 1. The van der Waals surface area contributed by atoms with Gasteiger partial charge in [-0.05, 0) is 6.42 Å². The van der Waals surface area contributed by atoms with Crippen LogP contribution in [0.15, 0.2) is 0 Å². The Labute approximate surface area is 117 Å². The molecule has 0 aliphatic carbocycles. The van der Waals surface area contributed by atoms with Crippen molar-refractivity contribution in [2.45, 2.75) is 20.3 Å². The first-order chi connectivity index (χ1) is 9.33. The molecule has 20 heavy (non-hydrogen) atoms. The Balaban J connectivity index is 3.09. The third-order valence-electron chi connectivity index (χ3n) is 3.09. The first kappa shape index (κ1) is 15.9. The van der Waals surface area contributed by atoms with Crippen LogP contribution in [-0.2, 0) is 23.0 Å². The maximum Gasteiger partial charge on any atom is 0.334 e. The van der Waals surface area contributed by atoms with Gasteiger partial charge in [0.25, 0.3) is 0 Å². The molecule has 0 amide bonds. The number of hydrogen-bond donors (Lipinski definition) is 0. The number of rotatable bonds is 6. The van der Waals surface area contributed by atoms with E-state index in [0.29, 0.717) is 24.5 Å². The van der Waals surface area contributed by atoms with Gasteiger partial charge in [0, 0.05) is 20.6 Å². The van der Waals surface area contributed by atoms with Gasteiger partial charge >= 0.3 is 11.7 Å². The molecule has 0 saturated carbocycles. The lowest BCUT2D eigenvalue weighted by molar-refractivity contribution is -0.384. The maximum absolute atomic E-state index is 11.4. The second-order valence-corrected chi connectivity index (χ2v) is 4.66. The fourth-order valence-electron chi connectivity index (χ4n) is 2.18. The summed E-state index contributed by atoms with van der Waals surface area (Å²) in [6.45, 7) is 3.84. The molecule has 8 heteroatoms. The number of carbonyl (C=O) groups excluding carboxylic acids is 1. The number of nitro groups is 1. The van der Waals surface area contributed by atoms with E-state index >= 15 is 0 Å². The van der Waals surface area contributed by atoms with Crippen molar-refractivity contribution in [1.82, 2.24) is 9.78 Å². The first-order valence-corrected chi connectivity index (χ1v) is 6.32. The molecule has 0 fully saturated rings. The minimum atomic E-state index is -0.430. The van der Waals surface area contributed by atoms with E-state index in [1.165, 1.54) is 11.8 Å². The first-order valence-electron chi connectivity index (χ1n) is 6.32. The molecular weight excluding hydrogens is 264 g/mol. The van der Waals surface area contributed by atoms with E-state index in [1.54, 1.807) is 25.9 Å². The Morgan fingerprint density at radius 2 is 2.20 bits per heavy atom. The summed E-state index contributed by atoms with van der Waals surface area (Å²) < 4.78 is 6.13. The molecule has 1 unspecified atom stereocenters. The van der Waals surface area contributed by atoms with Gasteiger partial charge < -0.3 is 9.64 Å². The number of aromatic nitrogens is 2. The number of nitrogens with zero attached hydrogens (tertiary/aromatic N) is 4. The standard InChI is InChI=1S/C12H20N4O4/c1-6-9-10(16(18)19)11(15(4)13-9)14(3)7-8(2)12(17)20-5/h8H,6-7H2,1-5H3. The highest BCUT2D eigenvalue weighted by atomic mass is 16.6. The number of aryl methyl sites for hydroxylation is 2. The van der Waals surface area contributed by atoms with Gasteiger partial charge in [0.05, 0.1) is 18.0 Å². The summed E-state index contributed by atoms with van der Waals surface area (Å²) in [5.74, 6) is -0.343. The number of esters is 1. The SMILES string of the molecule is CCc1nn(C)c(N(C)CC(C)C(=O)OC)c1[N+](=O)[O-]. The number of ether oxygens (including phenoxy) is 1. The van der Waals surface area contributed by atoms with Crippen LogP contribution in [-0.4, -0.2) is 41.4 Å². The smallest absolute Gasteiger partial charge is 0.334 e. The zero-order chi connectivity index (χ0) is 15.4. The van der Waals surface area contributed by atoms with Crippen molar-refractivity contribution in [3.63, 3.8) is 0 Å². The Kier molecular flexibility index (Phi) is 5.06. The highest BCUT2D eigenvalue weighted by molar-refractivity contribution is 5.73. The van der Waals surface area contributed by atoms with Gasteiger partial charge in [0.1, 0.15) is 5.69 Å². The molecule has 0 bridgehead atoms. The van der Waals surface area contributed by atoms with E-state index in [0.717, 1.165) is 0 Å². The minimum absolute atomic E-state index is 0.00503. The van der Waals surface area contributed by atoms with Crippen LogP contribution in [0.5, 0.6) is 0 Å². The van der Waals surface area contributed by atoms with E-state index < -0.39 is 4.92 Å². The van der Waals surface area contributed by atoms with E-state index in [9.17, 15) is 14.9 Å². The van der Waals surface area contributed by atoms with Crippen LogP contribution < -0.4 is 4.90 Å². The van der Waals surface area contributed by atoms with Crippen molar-refractivity contribution in [3.05, 3.63) is 15.8 Å². The molecule has 0 radical (unpaired) electrons. The van der Waals surface area contributed by atoms with Gasteiger partial charge in [-0.25, -0.2) is 4.68 Å². The second-order valence-electron chi connectivity index (χ2n) is 4.66. The number of anilines is 1. The lowest BCUT2D eigenvalue weighted by atomic mass is 10.1. The third kappa shape index (κ3) is 3.06. The summed E-state index contributed by atoms with van der Waals surface area (Å²) in [5, 5.41) is 15.4. The third-order valence-corrected chi connectivity index (χ3v) is 3.09. The Hall–Kier alpha value is -2.12. The molecule has 0 aliphatic rings. The van der Waals surface area contributed by atoms with E-state index in [2.05, 4.69) is 9.84 Å². The zero-order valence-electron chi connectivity index (χ0n) is 12.4. The largest absolute Gasteiger partial charge is 0.469 e. The highest BCUT2D eigenvalue weighted by Crippen LogP contribution is 2.31. The molecule has 0 saturated heterocycles. The predicted octanol–water partition coefficient (Wildman–Crippen LogP) is 1.14. The second kappa shape index (κ2) is 6.36. The van der Waals surface area contributed by atoms with Gasteiger partial charge in [-0.2, -0.15) is 5.10 Å². The predicted molar refractivity (Wildman–Crippen MR) is 73.7 cm³/mol. The van der Waals surface area contributed by atoms with Crippen LogP contribution in [0.1, 0.15) is 19.5 Å². The van der Waals surface area contributed by atoms with Crippen LogP contribution >= 0.6 is 0 Å². The van der Waals surface area contributed by atoms with Crippen LogP contribution in [0.2, 0.25) is 0 Å². The van der Waals surface area contributed by atoms with Crippen molar-refractivity contribution in [2.24, 2.45) is 13.0 Å². The molecule has 1 heterocycles. The normalized spacial score (nSPS) is 12.1. The summed E-state index contributed by atoms with van der Waals surface area (Å²) >= 11 is 0. The van der Waals surface area contributed by atoms with Crippen LogP contribution in [0.3, 0.4) is 0 Å². The van der Waals surface area contributed by atoms with Crippen molar-refractivity contribution in [2.75, 3.05) is 25.6 Å². The van der Waals surface area contributed by atoms with E-state index in [4.69, 9.17) is 0 Å². The molecule has 8 nitrogen and oxygen atoms in total. The van der Waals surface area contributed by atoms with Gasteiger partial charge in [0.2, 0.25) is 5.82 Å². The van der Waals surface area contributed by atoms with Gasteiger partial charge in [-0.15, -0.1) is 0 Å². The van der Waals surface area contributed by atoms with Crippen LogP contribution in [0.25, 0.3) is 0 Å². The lowest BCUT2D eigenvalue weighted by Gasteiger charge is -2.21. The molecule has 112 valence electrons. The van der Waals surface area contributed by atoms with E-state index in [-0.39, 0.29) is 17.6 Å². The molecule has 0 spiro atoms. The summed E-state index contributed by atoms with van der Waals surface area (Å²) in [5.41, 5.74) is 0.430. The molecule has 1 aromatic rings. The van der Waals surface area contributed by atoms with Crippen molar-refractivity contribution < 1.29 is 14.5 Å². The topological polar surface area (TPSA) is 90.5 Å². The zero-order valence-corrected chi connectivity index (χ0v) is 12.4. The maximum atomic E-state index is 11.4. The molecule has 1 rings (SSSR count). The minimum Gasteiger partial charge on any atom is -0.469 e. The average Bonchev–Trinajstić information content (AvgIpc) is 2.74. The number of methoxy groups -OCH3 is 1.